The highest BCUT2D eigenvalue weighted by Gasteiger charge is 2.76. The van der Waals surface area contributed by atoms with Crippen LogP contribution in [0.3, 0.4) is 0 Å². The number of alkyl halides is 2. The second-order valence-corrected chi connectivity index (χ2v) is 13.8. The summed E-state index contributed by atoms with van der Waals surface area (Å²) in [5.74, 6) is -6.06. The molecule has 2 aliphatic carbocycles. The Bertz CT molecular complexity index is 1830. The number of likely N-dealkylation sites (tertiary alicyclic amines) is 1. The third-order valence-corrected chi connectivity index (χ3v) is 11.4. The SMILES string of the molecule is CCCN1C(=O)[C@H]2[C@H](CC=C3[C@H]2C[C@@]2(Cl)C(=O)N(c4ccc(F)cc4)C(=O)[C@@]2(Cl)[C@H]3c2ccc(OCc3ccccc3)cc2O)C1=O. The summed E-state index contributed by atoms with van der Waals surface area (Å²) >= 11 is 14.7. The smallest absolute Gasteiger partial charge is 0.258 e. The third-order valence-electron chi connectivity index (χ3n) is 10.00. The molecule has 4 amide bonds. The van der Waals surface area contributed by atoms with E-state index in [1.54, 1.807) is 12.1 Å². The lowest BCUT2D eigenvalue weighted by molar-refractivity contribution is -0.140. The molecule has 6 atom stereocenters. The van der Waals surface area contributed by atoms with Crippen LogP contribution in [0.15, 0.2) is 84.4 Å². The molecular weight excluding hydrogens is 646 g/mol. The van der Waals surface area contributed by atoms with Crippen LogP contribution in [-0.2, 0) is 25.8 Å². The number of aromatic hydroxyl groups is 1. The van der Waals surface area contributed by atoms with Crippen LogP contribution >= 0.6 is 23.2 Å². The number of phenols is 1. The second-order valence-electron chi connectivity index (χ2n) is 12.6. The number of ether oxygens (including phenoxy) is 1. The molecule has 2 aliphatic heterocycles. The summed E-state index contributed by atoms with van der Waals surface area (Å²) in [6.45, 7) is 2.39. The van der Waals surface area contributed by atoms with E-state index in [0.717, 1.165) is 22.6 Å². The topological polar surface area (TPSA) is 104 Å². The maximum Gasteiger partial charge on any atom is 0.258 e. The van der Waals surface area contributed by atoms with E-state index in [2.05, 4.69) is 0 Å². The molecule has 2 heterocycles. The predicted molar refractivity (Wildman–Crippen MR) is 172 cm³/mol. The van der Waals surface area contributed by atoms with Gasteiger partial charge in [-0.15, -0.1) is 23.2 Å². The highest BCUT2D eigenvalue weighted by Crippen LogP contribution is 2.66. The van der Waals surface area contributed by atoms with Crippen molar-refractivity contribution in [2.75, 3.05) is 11.4 Å². The Labute approximate surface area is 280 Å². The van der Waals surface area contributed by atoms with E-state index in [-0.39, 0.29) is 54.8 Å². The zero-order valence-electron chi connectivity index (χ0n) is 25.4. The Hall–Kier alpha value is -4.21. The minimum atomic E-state index is -2.14. The fourth-order valence-corrected chi connectivity index (χ4v) is 8.78. The number of phenolic OH excluding ortho intramolecular Hbond substituents is 1. The normalized spacial score (nSPS) is 29.8. The first kappa shape index (κ1) is 31.4. The van der Waals surface area contributed by atoms with Crippen molar-refractivity contribution < 1.29 is 33.4 Å². The molecule has 0 unspecified atom stereocenters. The van der Waals surface area contributed by atoms with Gasteiger partial charge < -0.3 is 9.84 Å². The molecule has 11 heteroatoms. The van der Waals surface area contributed by atoms with E-state index < -0.39 is 51.1 Å². The zero-order valence-corrected chi connectivity index (χ0v) is 26.9. The highest BCUT2D eigenvalue weighted by molar-refractivity contribution is 6.58. The molecule has 8 nitrogen and oxygen atoms in total. The van der Waals surface area contributed by atoms with Crippen LogP contribution in [0.5, 0.6) is 11.5 Å². The average Bonchev–Trinajstić information content (AvgIpc) is 3.39. The van der Waals surface area contributed by atoms with Gasteiger partial charge in [0.2, 0.25) is 11.8 Å². The van der Waals surface area contributed by atoms with Gasteiger partial charge in [0.25, 0.3) is 11.8 Å². The number of carbonyl (C=O) groups is 4. The van der Waals surface area contributed by atoms with E-state index in [9.17, 15) is 28.7 Å². The van der Waals surface area contributed by atoms with Crippen molar-refractivity contribution in [2.45, 2.75) is 48.5 Å². The lowest BCUT2D eigenvalue weighted by Crippen LogP contribution is -2.60. The Morgan fingerprint density at radius 1 is 0.936 bits per heavy atom. The van der Waals surface area contributed by atoms with Crippen molar-refractivity contribution in [2.24, 2.45) is 17.8 Å². The number of benzene rings is 3. The van der Waals surface area contributed by atoms with Gasteiger partial charge in [-0.3, -0.25) is 24.1 Å². The van der Waals surface area contributed by atoms with Gasteiger partial charge in [0, 0.05) is 24.1 Å². The van der Waals surface area contributed by atoms with Crippen LogP contribution in [0.1, 0.15) is 43.2 Å². The molecule has 0 bridgehead atoms. The summed E-state index contributed by atoms with van der Waals surface area (Å²) in [7, 11) is 0. The molecule has 3 aromatic carbocycles. The van der Waals surface area contributed by atoms with Gasteiger partial charge in [-0.25, -0.2) is 9.29 Å². The Balaban J connectivity index is 1.35. The van der Waals surface area contributed by atoms with Gasteiger partial charge in [0.05, 0.1) is 17.5 Å². The van der Waals surface area contributed by atoms with E-state index in [4.69, 9.17) is 27.9 Å². The maximum absolute atomic E-state index is 14.5. The molecule has 0 radical (unpaired) electrons. The molecule has 4 aliphatic rings. The van der Waals surface area contributed by atoms with Gasteiger partial charge >= 0.3 is 0 Å². The van der Waals surface area contributed by atoms with Gasteiger partial charge in [0.15, 0.2) is 9.75 Å². The number of anilines is 1. The van der Waals surface area contributed by atoms with E-state index in [0.29, 0.717) is 17.7 Å². The monoisotopic (exact) mass is 676 g/mol. The van der Waals surface area contributed by atoms with Crippen molar-refractivity contribution in [3.05, 3.63) is 101 Å². The molecule has 7 rings (SSSR count). The van der Waals surface area contributed by atoms with E-state index in [1.807, 2.05) is 43.3 Å². The van der Waals surface area contributed by atoms with Crippen LogP contribution in [0, 0.1) is 23.6 Å². The molecule has 3 fully saturated rings. The standard InChI is InChI=1S/C36H31Cl2FN2O6/c1-2-16-40-31(43)26-15-14-24-27(29(26)32(40)44)18-35(37)33(45)41(22-10-8-21(39)9-11-22)34(46)36(35,38)30(24)25-13-12-23(17-28(25)42)47-19-20-6-4-3-5-7-20/h3-14,17,26-27,29-30,42H,2,15-16,18-19H2,1H3/t26-,27+,29-,30+,35+,36-/m0/s1. The second kappa shape index (κ2) is 11.5. The maximum atomic E-state index is 14.5. The summed E-state index contributed by atoms with van der Waals surface area (Å²) in [5.41, 5.74) is 1.78. The van der Waals surface area contributed by atoms with Crippen molar-refractivity contribution in [1.29, 1.82) is 0 Å². The number of fused-ring (bicyclic) bond motifs is 4. The van der Waals surface area contributed by atoms with Crippen molar-refractivity contribution in [3.8, 4) is 11.5 Å². The molecule has 0 aromatic heterocycles. The number of halogens is 3. The zero-order chi connectivity index (χ0) is 33.2. The quantitative estimate of drug-likeness (QED) is 0.185. The van der Waals surface area contributed by atoms with E-state index >= 15 is 0 Å². The van der Waals surface area contributed by atoms with Crippen LogP contribution < -0.4 is 9.64 Å². The molecule has 2 saturated heterocycles. The van der Waals surface area contributed by atoms with Gasteiger partial charge in [-0.1, -0.05) is 55.0 Å². The van der Waals surface area contributed by atoms with E-state index in [1.165, 1.54) is 23.1 Å². The van der Waals surface area contributed by atoms with Crippen molar-refractivity contribution in [1.82, 2.24) is 4.90 Å². The molecule has 242 valence electrons. The molecule has 1 N–H and O–H groups in total. The van der Waals surface area contributed by atoms with Crippen LogP contribution in [-0.4, -0.2) is 49.9 Å². The predicted octanol–water partition coefficient (Wildman–Crippen LogP) is 6.08. The number of hydrogen-bond acceptors (Lipinski definition) is 6. The number of rotatable bonds is 7. The minimum absolute atomic E-state index is 0.0829. The summed E-state index contributed by atoms with van der Waals surface area (Å²) in [5, 5.41) is 11.5. The molecule has 3 aromatic rings. The number of allylic oxidation sites excluding steroid dienone is 2. The number of amides is 4. The lowest BCUT2D eigenvalue weighted by Gasteiger charge is -2.50. The number of hydrogen-bond donors (Lipinski definition) is 1. The first-order valence-electron chi connectivity index (χ1n) is 15.6. The lowest BCUT2D eigenvalue weighted by atomic mass is 9.56. The Kier molecular flexibility index (Phi) is 7.67. The highest BCUT2D eigenvalue weighted by atomic mass is 35.5. The first-order chi connectivity index (χ1) is 22.5. The molecular formula is C36H31Cl2FN2O6. The summed E-state index contributed by atoms with van der Waals surface area (Å²) in [6, 6.07) is 18.9. The third kappa shape index (κ3) is 4.61. The van der Waals surface area contributed by atoms with Crippen molar-refractivity contribution >= 4 is 52.5 Å². The molecule has 1 saturated carbocycles. The first-order valence-corrected chi connectivity index (χ1v) is 16.3. The number of imide groups is 2. The Morgan fingerprint density at radius 3 is 2.34 bits per heavy atom. The fourth-order valence-electron chi connectivity index (χ4n) is 7.85. The van der Waals surface area contributed by atoms with Gasteiger partial charge in [-0.2, -0.15) is 0 Å². The molecule has 47 heavy (non-hydrogen) atoms. The van der Waals surface area contributed by atoms with Crippen LogP contribution in [0.4, 0.5) is 10.1 Å². The van der Waals surface area contributed by atoms with Gasteiger partial charge in [-0.05, 0) is 61.1 Å². The number of nitrogens with zero attached hydrogens (tertiary/aromatic N) is 2. The largest absolute Gasteiger partial charge is 0.508 e. The van der Waals surface area contributed by atoms with Gasteiger partial charge in [0.1, 0.15) is 23.9 Å². The number of carbonyl (C=O) groups excluding carboxylic acids is 4. The fraction of sp³-hybridized carbons (Fsp3) is 0.333. The molecule has 0 spiro atoms. The summed E-state index contributed by atoms with van der Waals surface area (Å²) < 4.78 is 19.8. The van der Waals surface area contributed by atoms with Crippen LogP contribution in [0.2, 0.25) is 0 Å². The summed E-state index contributed by atoms with van der Waals surface area (Å²) in [6.07, 6.45) is 2.43. The minimum Gasteiger partial charge on any atom is -0.508 e. The Morgan fingerprint density at radius 2 is 1.66 bits per heavy atom. The average molecular weight is 678 g/mol. The summed E-state index contributed by atoms with van der Waals surface area (Å²) in [4.78, 5) is 53.9. The van der Waals surface area contributed by atoms with Crippen molar-refractivity contribution in [3.63, 3.8) is 0 Å². The van der Waals surface area contributed by atoms with Crippen LogP contribution in [0.25, 0.3) is 0 Å².